The maximum absolute atomic E-state index is 13.3. The van der Waals surface area contributed by atoms with Gasteiger partial charge in [0.25, 0.3) is 0 Å². The number of aryl methyl sites for hydroxylation is 1. The molecule has 0 aliphatic heterocycles. The van der Waals surface area contributed by atoms with Gasteiger partial charge >= 0.3 is 0 Å². The van der Waals surface area contributed by atoms with Crippen molar-refractivity contribution in [3.8, 4) is 10.4 Å². The van der Waals surface area contributed by atoms with E-state index in [4.69, 9.17) is 0 Å². The Balaban J connectivity index is 1.91. The molecule has 3 aromatic rings. The number of aliphatic hydroxyl groups excluding tert-OH is 1. The van der Waals surface area contributed by atoms with E-state index >= 15 is 0 Å². The maximum atomic E-state index is 13.3. The minimum Gasteiger partial charge on any atom is -0.386 e. The fraction of sp³-hybridized carbons (Fsp3) is 0.167. The third kappa shape index (κ3) is 3.46. The number of hydrogen-bond acceptors (Lipinski definition) is 3. The molecule has 0 fully saturated rings. The molecular formula is C18H15F2NOS. The van der Waals surface area contributed by atoms with Crippen molar-refractivity contribution in [3.05, 3.63) is 76.4 Å². The molecule has 2 nitrogen and oxygen atoms in total. The number of halogens is 2. The molecule has 0 aliphatic carbocycles. The van der Waals surface area contributed by atoms with Crippen LogP contribution in [0.25, 0.3) is 10.4 Å². The van der Waals surface area contributed by atoms with Crippen LogP contribution in [0.2, 0.25) is 0 Å². The summed E-state index contributed by atoms with van der Waals surface area (Å²) in [5.74, 6) is -1.30. The Kier molecular flexibility index (Phi) is 4.50. The summed E-state index contributed by atoms with van der Waals surface area (Å²) in [6, 6.07) is 11.1. The normalized spacial score (nSPS) is 12.3. The second kappa shape index (κ2) is 6.56. The summed E-state index contributed by atoms with van der Waals surface area (Å²) in [6.07, 6.45) is -0.811. The highest BCUT2D eigenvalue weighted by atomic mass is 32.1. The van der Waals surface area contributed by atoms with E-state index in [-0.39, 0.29) is 6.42 Å². The van der Waals surface area contributed by atoms with Gasteiger partial charge in [-0.3, -0.25) is 0 Å². The predicted octanol–water partition coefficient (Wildman–Crippen LogP) is 4.67. The lowest BCUT2D eigenvalue weighted by molar-refractivity contribution is 0.174. The maximum Gasteiger partial charge on any atom is 0.126 e. The minimum atomic E-state index is -0.919. The number of aliphatic hydroxyl groups is 1. The summed E-state index contributed by atoms with van der Waals surface area (Å²) in [4.78, 5) is 5.14. The molecule has 5 heteroatoms. The number of hydrogen-bond donors (Lipinski definition) is 1. The number of rotatable bonds is 4. The third-order valence-corrected chi connectivity index (χ3v) is 4.53. The number of aromatic nitrogens is 1. The number of benzene rings is 2. The van der Waals surface area contributed by atoms with E-state index in [1.54, 1.807) is 5.51 Å². The molecule has 23 heavy (non-hydrogen) atoms. The zero-order valence-corrected chi connectivity index (χ0v) is 13.3. The summed E-state index contributed by atoms with van der Waals surface area (Å²) in [5, 5.41) is 10.5. The Morgan fingerprint density at radius 1 is 1.13 bits per heavy atom. The van der Waals surface area contributed by atoms with Crippen molar-refractivity contribution in [1.82, 2.24) is 4.98 Å². The van der Waals surface area contributed by atoms with Gasteiger partial charge in [-0.2, -0.15) is 0 Å². The number of nitrogens with zero attached hydrogens (tertiary/aromatic N) is 1. The van der Waals surface area contributed by atoms with Crippen LogP contribution in [0.15, 0.2) is 48.0 Å². The SMILES string of the molecule is Cc1ccccc1-c1scnc1[C@@H](O)Cc1cc(F)cc(F)c1. The Bertz CT molecular complexity index is 811. The lowest BCUT2D eigenvalue weighted by Crippen LogP contribution is -2.04. The summed E-state index contributed by atoms with van der Waals surface area (Å²) in [6.45, 7) is 1.99. The first-order valence-electron chi connectivity index (χ1n) is 7.17. The summed E-state index contributed by atoms with van der Waals surface area (Å²) in [7, 11) is 0. The fourth-order valence-electron chi connectivity index (χ4n) is 2.57. The lowest BCUT2D eigenvalue weighted by Gasteiger charge is -2.12. The highest BCUT2D eigenvalue weighted by Gasteiger charge is 2.19. The summed E-state index contributed by atoms with van der Waals surface area (Å²) in [5.41, 5.74) is 4.70. The molecule has 0 saturated heterocycles. The van der Waals surface area contributed by atoms with Crippen molar-refractivity contribution in [2.75, 3.05) is 0 Å². The second-order valence-electron chi connectivity index (χ2n) is 5.38. The average Bonchev–Trinajstić information content (AvgIpc) is 2.96. The van der Waals surface area contributed by atoms with Gasteiger partial charge in [0.2, 0.25) is 0 Å². The first-order chi connectivity index (χ1) is 11.0. The van der Waals surface area contributed by atoms with Crippen LogP contribution in [0, 0.1) is 18.6 Å². The zero-order valence-electron chi connectivity index (χ0n) is 12.5. The van der Waals surface area contributed by atoms with Crippen LogP contribution in [0.3, 0.4) is 0 Å². The fourth-order valence-corrected chi connectivity index (χ4v) is 3.51. The molecule has 1 atom stereocenters. The van der Waals surface area contributed by atoms with Gasteiger partial charge in [-0.25, -0.2) is 13.8 Å². The van der Waals surface area contributed by atoms with Crippen LogP contribution >= 0.6 is 11.3 Å². The molecule has 0 spiro atoms. The van der Waals surface area contributed by atoms with Gasteiger partial charge in [-0.15, -0.1) is 11.3 Å². The lowest BCUT2D eigenvalue weighted by atomic mass is 10.0. The van der Waals surface area contributed by atoms with Crippen LogP contribution in [0.5, 0.6) is 0 Å². The highest BCUT2D eigenvalue weighted by molar-refractivity contribution is 7.13. The van der Waals surface area contributed by atoms with Crippen LogP contribution in [0.4, 0.5) is 8.78 Å². The molecule has 0 aliphatic rings. The van der Waals surface area contributed by atoms with Gasteiger partial charge in [0, 0.05) is 12.5 Å². The molecule has 2 aromatic carbocycles. The van der Waals surface area contributed by atoms with Crippen molar-refractivity contribution in [2.45, 2.75) is 19.4 Å². The van der Waals surface area contributed by atoms with Crippen molar-refractivity contribution >= 4 is 11.3 Å². The highest BCUT2D eigenvalue weighted by Crippen LogP contribution is 2.34. The molecule has 0 radical (unpaired) electrons. The molecular weight excluding hydrogens is 316 g/mol. The van der Waals surface area contributed by atoms with Crippen LogP contribution in [-0.2, 0) is 6.42 Å². The van der Waals surface area contributed by atoms with Gasteiger partial charge in [-0.05, 0) is 35.7 Å². The van der Waals surface area contributed by atoms with Crippen LogP contribution in [-0.4, -0.2) is 10.1 Å². The monoisotopic (exact) mass is 331 g/mol. The average molecular weight is 331 g/mol. The summed E-state index contributed by atoms with van der Waals surface area (Å²) < 4.78 is 26.6. The van der Waals surface area contributed by atoms with E-state index in [0.29, 0.717) is 11.3 Å². The largest absolute Gasteiger partial charge is 0.386 e. The Morgan fingerprint density at radius 3 is 2.52 bits per heavy atom. The van der Waals surface area contributed by atoms with Gasteiger partial charge < -0.3 is 5.11 Å². The molecule has 3 rings (SSSR count). The van der Waals surface area contributed by atoms with Gasteiger partial charge in [0.15, 0.2) is 0 Å². The molecule has 1 aromatic heterocycles. The molecule has 118 valence electrons. The Labute approximate surface area is 137 Å². The first kappa shape index (κ1) is 15.8. The Hall–Kier alpha value is -2.11. The van der Waals surface area contributed by atoms with E-state index in [2.05, 4.69) is 4.98 Å². The molecule has 0 amide bonds. The molecule has 0 bridgehead atoms. The van der Waals surface area contributed by atoms with E-state index < -0.39 is 17.7 Å². The third-order valence-electron chi connectivity index (χ3n) is 3.65. The van der Waals surface area contributed by atoms with E-state index in [9.17, 15) is 13.9 Å². The van der Waals surface area contributed by atoms with Gasteiger partial charge in [0.1, 0.15) is 17.7 Å². The predicted molar refractivity (Wildman–Crippen MR) is 87.3 cm³/mol. The van der Waals surface area contributed by atoms with Crippen molar-refractivity contribution in [3.63, 3.8) is 0 Å². The van der Waals surface area contributed by atoms with Gasteiger partial charge in [-0.1, -0.05) is 24.3 Å². The van der Waals surface area contributed by atoms with E-state index in [1.807, 2.05) is 31.2 Å². The molecule has 0 unspecified atom stereocenters. The topological polar surface area (TPSA) is 33.1 Å². The number of thiazole rings is 1. The molecule has 0 saturated carbocycles. The van der Waals surface area contributed by atoms with Crippen LogP contribution in [0.1, 0.15) is 22.9 Å². The van der Waals surface area contributed by atoms with E-state index in [0.717, 1.165) is 22.1 Å². The molecule has 1 N–H and O–H groups in total. The summed E-state index contributed by atoms with van der Waals surface area (Å²) >= 11 is 1.44. The smallest absolute Gasteiger partial charge is 0.126 e. The van der Waals surface area contributed by atoms with Crippen LogP contribution < -0.4 is 0 Å². The Morgan fingerprint density at radius 2 is 1.83 bits per heavy atom. The quantitative estimate of drug-likeness (QED) is 0.753. The van der Waals surface area contributed by atoms with Crippen molar-refractivity contribution < 1.29 is 13.9 Å². The zero-order chi connectivity index (χ0) is 16.4. The van der Waals surface area contributed by atoms with Gasteiger partial charge in [0.05, 0.1) is 16.1 Å². The van der Waals surface area contributed by atoms with Crippen molar-refractivity contribution in [2.24, 2.45) is 0 Å². The van der Waals surface area contributed by atoms with Crippen molar-refractivity contribution in [1.29, 1.82) is 0 Å². The molecule has 1 heterocycles. The first-order valence-corrected chi connectivity index (χ1v) is 8.05. The second-order valence-corrected chi connectivity index (χ2v) is 6.23. The van der Waals surface area contributed by atoms with E-state index in [1.165, 1.54) is 23.5 Å². The standard InChI is InChI=1S/C18H15F2NOS/c1-11-4-2-3-5-15(11)18-17(21-10-23-18)16(22)8-12-6-13(19)9-14(20)7-12/h2-7,9-10,16,22H,8H2,1H3/t16-/m0/s1. The minimum absolute atomic E-state index is 0.108.